The fraction of sp³-hybridized carbons (Fsp3) is 0.273. The quantitative estimate of drug-likeness (QED) is 0.473. The fourth-order valence-electron chi connectivity index (χ4n) is 2.97. The first-order chi connectivity index (χ1) is 13.3. The lowest BCUT2D eigenvalue weighted by Gasteiger charge is -2.20. The van der Waals surface area contributed by atoms with Crippen LogP contribution >= 0.6 is 0 Å². The van der Waals surface area contributed by atoms with Crippen LogP contribution in [0.4, 0.5) is 0 Å². The molecule has 0 saturated carbocycles. The predicted octanol–water partition coefficient (Wildman–Crippen LogP) is 3.76. The van der Waals surface area contributed by atoms with Gasteiger partial charge in [-0.05, 0) is 24.5 Å². The molecule has 0 aliphatic carbocycles. The van der Waals surface area contributed by atoms with Crippen molar-refractivity contribution in [3.8, 4) is 0 Å². The highest BCUT2D eigenvalue weighted by Gasteiger charge is 2.13. The Morgan fingerprint density at radius 2 is 1.74 bits per heavy atom. The first kappa shape index (κ1) is 18.7. The lowest BCUT2D eigenvalue weighted by molar-refractivity contribution is 0.412. The normalized spacial score (nSPS) is 12.6. The van der Waals surface area contributed by atoms with E-state index in [1.807, 2.05) is 6.07 Å². The van der Waals surface area contributed by atoms with Gasteiger partial charge >= 0.3 is 0 Å². The summed E-state index contributed by atoms with van der Waals surface area (Å²) in [5, 5.41) is 10.7. The van der Waals surface area contributed by atoms with E-state index >= 15 is 0 Å². The molecule has 3 rings (SSSR count). The molecule has 5 heteroatoms. The Balaban J connectivity index is 1.69. The highest BCUT2D eigenvalue weighted by atomic mass is 16.5. The molecule has 0 fully saturated rings. The van der Waals surface area contributed by atoms with Crippen molar-refractivity contribution < 1.29 is 4.52 Å². The van der Waals surface area contributed by atoms with Crippen LogP contribution in [0.25, 0.3) is 0 Å². The van der Waals surface area contributed by atoms with E-state index in [4.69, 9.17) is 4.52 Å². The predicted molar refractivity (Wildman–Crippen MR) is 109 cm³/mol. The van der Waals surface area contributed by atoms with Crippen LogP contribution in [0, 0.1) is 0 Å². The Morgan fingerprint density at radius 3 is 2.41 bits per heavy atom. The van der Waals surface area contributed by atoms with Crippen LogP contribution in [0.3, 0.4) is 0 Å². The number of aliphatic imine (C=N–C) groups is 1. The smallest absolute Gasteiger partial charge is 0.191 e. The van der Waals surface area contributed by atoms with Gasteiger partial charge in [0.25, 0.3) is 0 Å². The van der Waals surface area contributed by atoms with Gasteiger partial charge in [-0.1, -0.05) is 65.8 Å². The molecule has 5 nitrogen and oxygen atoms in total. The second-order valence-corrected chi connectivity index (χ2v) is 6.36. The van der Waals surface area contributed by atoms with Crippen LogP contribution in [0.2, 0.25) is 0 Å². The first-order valence-corrected chi connectivity index (χ1v) is 9.35. The van der Waals surface area contributed by atoms with Gasteiger partial charge in [-0.25, -0.2) is 4.99 Å². The van der Waals surface area contributed by atoms with E-state index in [9.17, 15) is 0 Å². The Morgan fingerprint density at radius 1 is 1.00 bits per heavy atom. The number of guanidine groups is 1. The van der Waals surface area contributed by atoms with Crippen molar-refractivity contribution in [3.63, 3.8) is 0 Å². The molecule has 1 heterocycles. The summed E-state index contributed by atoms with van der Waals surface area (Å²) in [4.78, 5) is 4.60. The molecule has 2 N–H and O–H groups in total. The van der Waals surface area contributed by atoms with E-state index in [-0.39, 0.29) is 0 Å². The molecule has 3 aromatic rings. The van der Waals surface area contributed by atoms with E-state index in [2.05, 4.69) is 88.4 Å². The van der Waals surface area contributed by atoms with Gasteiger partial charge in [-0.2, -0.15) is 0 Å². The first-order valence-electron chi connectivity index (χ1n) is 9.35. The number of hydrogen-bond acceptors (Lipinski definition) is 3. The zero-order valence-electron chi connectivity index (χ0n) is 15.6. The maximum absolute atomic E-state index is 4.87. The largest absolute Gasteiger partial charge is 0.364 e. The van der Waals surface area contributed by atoms with Crippen molar-refractivity contribution in [2.45, 2.75) is 25.8 Å². The Bertz CT molecular complexity index is 801. The third-order valence-electron chi connectivity index (χ3n) is 4.35. The zero-order chi connectivity index (χ0) is 18.7. The lowest BCUT2D eigenvalue weighted by atomic mass is 9.92. The van der Waals surface area contributed by atoms with Crippen LogP contribution < -0.4 is 10.6 Å². The Hall–Kier alpha value is -3.08. The summed E-state index contributed by atoms with van der Waals surface area (Å²) in [5.41, 5.74) is 3.47. The van der Waals surface area contributed by atoms with Crippen molar-refractivity contribution in [1.29, 1.82) is 0 Å². The van der Waals surface area contributed by atoms with Crippen molar-refractivity contribution in [1.82, 2.24) is 15.8 Å². The highest BCUT2D eigenvalue weighted by molar-refractivity contribution is 5.79. The number of nitrogens with one attached hydrogen (secondary N) is 2. The minimum absolute atomic E-state index is 0.351. The third kappa shape index (κ3) is 5.99. The summed E-state index contributed by atoms with van der Waals surface area (Å²) in [7, 11) is 0. The summed E-state index contributed by atoms with van der Waals surface area (Å²) >= 11 is 0. The lowest BCUT2D eigenvalue weighted by Crippen LogP contribution is -2.39. The van der Waals surface area contributed by atoms with Gasteiger partial charge in [-0.15, -0.1) is 0 Å². The average Bonchev–Trinajstić information content (AvgIpc) is 3.24. The minimum atomic E-state index is 0.351. The van der Waals surface area contributed by atoms with E-state index in [0.717, 1.165) is 31.2 Å². The summed E-state index contributed by atoms with van der Waals surface area (Å²) in [5.74, 6) is 1.14. The van der Waals surface area contributed by atoms with Crippen molar-refractivity contribution in [3.05, 3.63) is 89.8 Å². The van der Waals surface area contributed by atoms with Gasteiger partial charge in [-0.3, -0.25) is 0 Å². The molecule has 140 valence electrons. The maximum Gasteiger partial charge on any atom is 0.191 e. The van der Waals surface area contributed by atoms with Gasteiger partial charge in [0.15, 0.2) is 5.96 Å². The molecule has 0 aliphatic rings. The second-order valence-electron chi connectivity index (χ2n) is 6.36. The molecule has 0 bridgehead atoms. The molecule has 0 radical (unpaired) electrons. The van der Waals surface area contributed by atoms with Crippen molar-refractivity contribution in [2.24, 2.45) is 4.99 Å². The average molecular weight is 362 g/mol. The van der Waals surface area contributed by atoms with Gasteiger partial charge in [0.1, 0.15) is 12.0 Å². The van der Waals surface area contributed by atoms with E-state index in [1.54, 1.807) is 6.26 Å². The summed E-state index contributed by atoms with van der Waals surface area (Å²) < 4.78 is 4.87. The van der Waals surface area contributed by atoms with Crippen LogP contribution in [0.5, 0.6) is 0 Å². The Kier molecular flexibility index (Phi) is 7.04. The molecule has 0 amide bonds. The van der Waals surface area contributed by atoms with Crippen molar-refractivity contribution >= 4 is 5.96 Å². The molecule has 0 saturated heterocycles. The second kappa shape index (κ2) is 10.2. The topological polar surface area (TPSA) is 62.5 Å². The number of hydrogen-bond donors (Lipinski definition) is 2. The van der Waals surface area contributed by atoms with E-state index in [0.29, 0.717) is 12.5 Å². The summed E-state index contributed by atoms with van der Waals surface area (Å²) in [6, 6.07) is 23.0. The third-order valence-corrected chi connectivity index (χ3v) is 4.35. The van der Waals surface area contributed by atoms with E-state index in [1.165, 1.54) is 11.1 Å². The standard InChI is InChI=1S/C22H26N4O/c1-2-23-22(25-17-21-13-14-27-26-21)24-16-20(19-11-7-4-8-12-19)15-18-9-5-3-6-10-18/h3-14,20H,2,15-17H2,1H3,(H2,23,24,25). The number of aromatic nitrogens is 1. The van der Waals surface area contributed by atoms with Gasteiger partial charge in [0.2, 0.25) is 0 Å². The molecule has 1 unspecified atom stereocenters. The summed E-state index contributed by atoms with van der Waals surface area (Å²) in [6.07, 6.45) is 2.54. The number of benzene rings is 2. The molecular formula is C22H26N4O. The Labute approximate surface area is 160 Å². The molecular weight excluding hydrogens is 336 g/mol. The van der Waals surface area contributed by atoms with Gasteiger partial charge in [0, 0.05) is 25.1 Å². The maximum atomic E-state index is 4.87. The van der Waals surface area contributed by atoms with Gasteiger partial charge < -0.3 is 15.2 Å². The monoisotopic (exact) mass is 362 g/mol. The molecule has 1 aromatic heterocycles. The molecule has 27 heavy (non-hydrogen) atoms. The highest BCUT2D eigenvalue weighted by Crippen LogP contribution is 2.20. The van der Waals surface area contributed by atoms with E-state index < -0.39 is 0 Å². The zero-order valence-corrected chi connectivity index (χ0v) is 15.6. The molecule has 1 atom stereocenters. The molecule has 2 aromatic carbocycles. The van der Waals surface area contributed by atoms with Crippen LogP contribution in [0.15, 0.2) is 82.5 Å². The number of rotatable bonds is 8. The fourth-order valence-corrected chi connectivity index (χ4v) is 2.97. The molecule has 0 spiro atoms. The summed E-state index contributed by atoms with van der Waals surface area (Å²) in [6.45, 7) is 4.15. The van der Waals surface area contributed by atoms with Gasteiger partial charge in [0.05, 0.1) is 6.54 Å². The molecule has 0 aliphatic heterocycles. The minimum Gasteiger partial charge on any atom is -0.364 e. The number of nitrogens with zero attached hydrogens (tertiary/aromatic N) is 2. The van der Waals surface area contributed by atoms with Crippen molar-refractivity contribution in [2.75, 3.05) is 13.1 Å². The van der Waals surface area contributed by atoms with Crippen LogP contribution in [0.1, 0.15) is 29.7 Å². The van der Waals surface area contributed by atoms with Crippen LogP contribution in [-0.4, -0.2) is 24.2 Å². The van der Waals surface area contributed by atoms with Crippen LogP contribution in [-0.2, 0) is 13.0 Å². The SMILES string of the molecule is CCNC(=NCc1ccon1)NCC(Cc1ccccc1)c1ccccc1.